The number of carbonyl (C=O) groups is 2. The van der Waals surface area contributed by atoms with Gasteiger partial charge < -0.3 is 19.6 Å². The quantitative estimate of drug-likeness (QED) is 0.657. The number of carboxylic acid groups (broad SMARTS) is 1. The van der Waals surface area contributed by atoms with Crippen LogP contribution in [0.5, 0.6) is 0 Å². The maximum absolute atomic E-state index is 11.7. The number of aromatic amines is 1. The summed E-state index contributed by atoms with van der Waals surface area (Å²) in [6.45, 7) is 0. The summed E-state index contributed by atoms with van der Waals surface area (Å²) < 4.78 is 4.55. The third-order valence-corrected chi connectivity index (χ3v) is 2.39. The van der Waals surface area contributed by atoms with Crippen LogP contribution in [0.25, 0.3) is 0 Å². The van der Waals surface area contributed by atoms with Crippen LogP contribution in [0.3, 0.4) is 0 Å². The van der Waals surface area contributed by atoms with E-state index in [1.165, 1.54) is 24.4 Å². The predicted octanol–water partition coefficient (Wildman–Crippen LogP) is 0.975. The minimum Gasteiger partial charge on any atom is -0.545 e. The van der Waals surface area contributed by atoms with Crippen LogP contribution in [0.15, 0.2) is 40.8 Å². The van der Waals surface area contributed by atoms with Gasteiger partial charge in [-0.15, -0.1) is 10.2 Å². The van der Waals surface area contributed by atoms with Crippen molar-refractivity contribution in [2.75, 3.05) is 7.11 Å². The molecule has 0 aliphatic heterocycles. The molecule has 1 N–H and O–H groups in total. The molecule has 0 atom stereocenters. The maximum Gasteiger partial charge on any atom is 0.340 e. The van der Waals surface area contributed by atoms with E-state index >= 15 is 0 Å². The number of nitrogens with one attached hydrogen (secondary N) is 1. The number of carboxylic acids is 1. The standard InChI is InChI=1S/C12H10N4O4/c1-20-11(19)9-7(10(17)18)3-2-4-8(9)15-16-12-13-5-6-14-12/h2-6H,1H3,(H,13,14)(H,17,18)/p-1. The van der Waals surface area contributed by atoms with Gasteiger partial charge in [-0.1, -0.05) is 12.1 Å². The first-order chi connectivity index (χ1) is 9.63. The molecule has 0 saturated heterocycles. The van der Waals surface area contributed by atoms with Gasteiger partial charge >= 0.3 is 5.97 Å². The highest BCUT2D eigenvalue weighted by molar-refractivity contribution is 6.05. The molecule has 0 radical (unpaired) electrons. The van der Waals surface area contributed by atoms with Crippen LogP contribution in [0, 0.1) is 0 Å². The molecule has 0 unspecified atom stereocenters. The molecule has 1 heterocycles. The number of rotatable bonds is 4. The number of hydrogen-bond donors (Lipinski definition) is 1. The minimum absolute atomic E-state index is 0.0509. The predicted molar refractivity (Wildman–Crippen MR) is 64.9 cm³/mol. The second kappa shape index (κ2) is 5.74. The molecule has 0 bridgehead atoms. The number of ether oxygens (including phenoxy) is 1. The normalized spacial score (nSPS) is 10.7. The van der Waals surface area contributed by atoms with E-state index < -0.39 is 11.9 Å². The van der Waals surface area contributed by atoms with Gasteiger partial charge in [0.05, 0.1) is 18.6 Å². The van der Waals surface area contributed by atoms with Crippen LogP contribution in [-0.4, -0.2) is 29.0 Å². The Hall–Kier alpha value is -3.03. The molecule has 0 saturated carbocycles. The van der Waals surface area contributed by atoms with E-state index in [9.17, 15) is 14.7 Å². The van der Waals surface area contributed by atoms with Gasteiger partial charge in [-0.3, -0.25) is 0 Å². The SMILES string of the molecule is COC(=O)c1c(N=Nc2ncc[nH]2)cccc1C(=O)[O-]. The maximum atomic E-state index is 11.7. The fraction of sp³-hybridized carbons (Fsp3) is 0.0833. The first kappa shape index (κ1) is 13.4. The van der Waals surface area contributed by atoms with Crippen molar-refractivity contribution in [2.45, 2.75) is 0 Å². The lowest BCUT2D eigenvalue weighted by molar-refractivity contribution is -0.255. The average molecular weight is 273 g/mol. The molecule has 0 aliphatic carbocycles. The molecule has 0 fully saturated rings. The Morgan fingerprint density at radius 3 is 2.75 bits per heavy atom. The van der Waals surface area contributed by atoms with Gasteiger partial charge in [0, 0.05) is 18.0 Å². The number of aromatic nitrogens is 2. The lowest BCUT2D eigenvalue weighted by Gasteiger charge is -2.10. The first-order valence-corrected chi connectivity index (χ1v) is 5.47. The van der Waals surface area contributed by atoms with Crippen molar-refractivity contribution in [3.8, 4) is 0 Å². The number of esters is 1. The lowest BCUT2D eigenvalue weighted by Crippen LogP contribution is -2.25. The average Bonchev–Trinajstić information content (AvgIpc) is 2.97. The Labute approximate surface area is 113 Å². The van der Waals surface area contributed by atoms with E-state index in [2.05, 4.69) is 24.9 Å². The summed E-state index contributed by atoms with van der Waals surface area (Å²) in [7, 11) is 1.14. The second-order valence-electron chi connectivity index (χ2n) is 3.59. The fourth-order valence-electron chi connectivity index (χ4n) is 1.52. The second-order valence-corrected chi connectivity index (χ2v) is 3.59. The third kappa shape index (κ3) is 2.69. The molecule has 0 amide bonds. The van der Waals surface area contributed by atoms with Crippen LogP contribution in [-0.2, 0) is 4.74 Å². The number of hydrogen-bond acceptors (Lipinski definition) is 7. The number of carbonyl (C=O) groups excluding carboxylic acids is 2. The Morgan fingerprint density at radius 2 is 2.15 bits per heavy atom. The van der Waals surface area contributed by atoms with Crippen molar-refractivity contribution in [3.63, 3.8) is 0 Å². The number of nitrogens with zero attached hydrogens (tertiary/aromatic N) is 3. The molecular formula is C12H9N4O4-. The van der Waals surface area contributed by atoms with Crippen molar-refractivity contribution in [2.24, 2.45) is 10.2 Å². The Morgan fingerprint density at radius 1 is 1.35 bits per heavy atom. The van der Waals surface area contributed by atoms with E-state index in [0.717, 1.165) is 7.11 Å². The molecule has 1 aromatic carbocycles. The molecule has 8 heteroatoms. The Bertz CT molecular complexity index is 664. The molecule has 2 rings (SSSR count). The van der Waals surface area contributed by atoms with Crippen molar-refractivity contribution < 1.29 is 19.4 Å². The van der Waals surface area contributed by atoms with Gasteiger partial charge in [0.1, 0.15) is 5.69 Å². The summed E-state index contributed by atoms with van der Waals surface area (Å²) in [5, 5.41) is 18.6. The van der Waals surface area contributed by atoms with Crippen LogP contribution < -0.4 is 5.11 Å². The van der Waals surface area contributed by atoms with Gasteiger partial charge in [0.2, 0.25) is 5.95 Å². The van der Waals surface area contributed by atoms with Gasteiger partial charge in [0.15, 0.2) is 0 Å². The Balaban J connectivity index is 2.49. The zero-order valence-electron chi connectivity index (χ0n) is 10.4. The molecular weight excluding hydrogens is 264 g/mol. The van der Waals surface area contributed by atoms with E-state index in [4.69, 9.17) is 0 Å². The number of aromatic carboxylic acids is 1. The van der Waals surface area contributed by atoms with Gasteiger partial charge in [-0.25, -0.2) is 9.78 Å². The summed E-state index contributed by atoms with van der Waals surface area (Å²) >= 11 is 0. The monoisotopic (exact) mass is 273 g/mol. The van der Waals surface area contributed by atoms with Gasteiger partial charge in [-0.2, -0.15) is 0 Å². The highest BCUT2D eigenvalue weighted by atomic mass is 16.5. The molecule has 0 aliphatic rings. The lowest BCUT2D eigenvalue weighted by atomic mass is 10.1. The zero-order chi connectivity index (χ0) is 14.5. The van der Waals surface area contributed by atoms with E-state index in [1.807, 2.05) is 0 Å². The number of imidazole rings is 1. The molecule has 20 heavy (non-hydrogen) atoms. The number of H-pyrrole nitrogens is 1. The van der Waals surface area contributed by atoms with E-state index in [0.29, 0.717) is 0 Å². The summed E-state index contributed by atoms with van der Waals surface area (Å²) in [6.07, 6.45) is 3.03. The topological polar surface area (TPSA) is 120 Å². The number of methoxy groups -OCH3 is 1. The van der Waals surface area contributed by atoms with Crippen LogP contribution in [0.1, 0.15) is 20.7 Å². The van der Waals surface area contributed by atoms with Crippen molar-refractivity contribution in [1.29, 1.82) is 0 Å². The fourth-order valence-corrected chi connectivity index (χ4v) is 1.52. The minimum atomic E-state index is -1.50. The summed E-state index contributed by atoms with van der Waals surface area (Å²) in [4.78, 5) is 29.2. The summed E-state index contributed by atoms with van der Waals surface area (Å²) in [6, 6.07) is 4.09. The molecule has 2 aromatic rings. The molecule has 0 spiro atoms. The Kier molecular flexibility index (Phi) is 3.85. The highest BCUT2D eigenvalue weighted by Gasteiger charge is 2.17. The first-order valence-electron chi connectivity index (χ1n) is 5.47. The summed E-state index contributed by atoms with van der Waals surface area (Å²) in [5.74, 6) is -2.11. The largest absolute Gasteiger partial charge is 0.545 e. The summed E-state index contributed by atoms with van der Waals surface area (Å²) in [5.41, 5.74) is -0.479. The van der Waals surface area contributed by atoms with E-state index in [1.54, 1.807) is 6.20 Å². The van der Waals surface area contributed by atoms with Crippen molar-refractivity contribution in [1.82, 2.24) is 9.97 Å². The van der Waals surface area contributed by atoms with Crippen LogP contribution in [0.2, 0.25) is 0 Å². The van der Waals surface area contributed by atoms with Gasteiger partial charge in [-0.05, 0) is 6.07 Å². The molecule has 8 nitrogen and oxygen atoms in total. The van der Waals surface area contributed by atoms with E-state index in [-0.39, 0.29) is 22.8 Å². The molecule has 1 aromatic heterocycles. The van der Waals surface area contributed by atoms with Gasteiger partial charge in [0.25, 0.3) is 0 Å². The van der Waals surface area contributed by atoms with Crippen LogP contribution >= 0.6 is 0 Å². The number of benzene rings is 1. The van der Waals surface area contributed by atoms with Crippen molar-refractivity contribution >= 4 is 23.6 Å². The number of azo groups is 1. The third-order valence-electron chi connectivity index (χ3n) is 2.39. The zero-order valence-corrected chi connectivity index (χ0v) is 10.4. The highest BCUT2D eigenvalue weighted by Crippen LogP contribution is 2.25. The molecule has 102 valence electrons. The van der Waals surface area contributed by atoms with Crippen molar-refractivity contribution in [3.05, 3.63) is 41.7 Å². The van der Waals surface area contributed by atoms with Crippen LogP contribution in [0.4, 0.5) is 11.6 Å². The smallest absolute Gasteiger partial charge is 0.340 e.